The number of amides is 1. The molecule has 1 N–H and O–H groups in total. The highest BCUT2D eigenvalue weighted by atomic mass is 16.5. The van der Waals surface area contributed by atoms with Gasteiger partial charge in [0.15, 0.2) is 0 Å². The molecule has 0 aliphatic carbocycles. The lowest BCUT2D eigenvalue weighted by molar-refractivity contribution is -0.117. The van der Waals surface area contributed by atoms with Gasteiger partial charge in [0.1, 0.15) is 0 Å². The predicted molar refractivity (Wildman–Crippen MR) is 116 cm³/mol. The molecule has 1 saturated heterocycles. The van der Waals surface area contributed by atoms with Crippen LogP contribution in [0.3, 0.4) is 0 Å². The molecular formula is C23H27N5O2. The van der Waals surface area contributed by atoms with Crippen molar-refractivity contribution in [2.75, 3.05) is 38.0 Å². The number of carbonyl (C=O) groups excluding carboxylic acids is 1. The molecule has 0 radical (unpaired) electrons. The van der Waals surface area contributed by atoms with Gasteiger partial charge in [-0.3, -0.25) is 14.6 Å². The number of nitrogens with one attached hydrogen (secondary N) is 1. The lowest BCUT2D eigenvalue weighted by atomic mass is 10.1. The van der Waals surface area contributed by atoms with E-state index in [4.69, 9.17) is 4.52 Å². The molecule has 1 aliphatic heterocycles. The summed E-state index contributed by atoms with van der Waals surface area (Å²) in [6.45, 7) is 8.45. The molecule has 0 spiro atoms. The fourth-order valence-electron chi connectivity index (χ4n) is 3.71. The van der Waals surface area contributed by atoms with Crippen LogP contribution in [0.5, 0.6) is 0 Å². The molecule has 7 nitrogen and oxygen atoms in total. The summed E-state index contributed by atoms with van der Waals surface area (Å²) in [5, 5.41) is 7.15. The van der Waals surface area contributed by atoms with Crippen molar-refractivity contribution in [2.24, 2.45) is 0 Å². The first-order valence-electron chi connectivity index (χ1n) is 10.3. The van der Waals surface area contributed by atoms with Crippen molar-refractivity contribution in [2.45, 2.75) is 20.4 Å². The Morgan fingerprint density at radius 3 is 2.33 bits per heavy atom. The number of para-hydroxylation sites is 1. The highest BCUT2D eigenvalue weighted by Crippen LogP contribution is 2.19. The molecule has 4 rings (SSSR count). The van der Waals surface area contributed by atoms with Crippen LogP contribution in [0.1, 0.15) is 17.0 Å². The van der Waals surface area contributed by atoms with Crippen LogP contribution >= 0.6 is 0 Å². The summed E-state index contributed by atoms with van der Waals surface area (Å²) in [5.74, 6) is 1.27. The maximum absolute atomic E-state index is 12.5. The Balaban J connectivity index is 1.25. The van der Waals surface area contributed by atoms with E-state index in [0.717, 1.165) is 48.6 Å². The summed E-state index contributed by atoms with van der Waals surface area (Å²) in [6, 6.07) is 15.9. The molecule has 1 amide bonds. The number of rotatable bonds is 6. The van der Waals surface area contributed by atoms with Crippen LogP contribution in [0.15, 0.2) is 53.1 Å². The summed E-state index contributed by atoms with van der Waals surface area (Å²) in [7, 11) is 0. The summed E-state index contributed by atoms with van der Waals surface area (Å²) >= 11 is 0. The van der Waals surface area contributed by atoms with Crippen molar-refractivity contribution >= 4 is 11.6 Å². The van der Waals surface area contributed by atoms with Gasteiger partial charge in [0.05, 0.1) is 13.1 Å². The SMILES string of the molecule is Cc1cccc(C)c1NC(=O)CN1CCN(Cc2nc(-c3ccccc3)no2)CC1. The maximum atomic E-state index is 12.5. The molecule has 0 bridgehead atoms. The van der Waals surface area contributed by atoms with Gasteiger partial charge in [-0.2, -0.15) is 4.98 Å². The summed E-state index contributed by atoms with van der Waals surface area (Å²) in [6.07, 6.45) is 0. The molecule has 7 heteroatoms. The minimum Gasteiger partial charge on any atom is -0.338 e. The Morgan fingerprint density at radius 2 is 1.63 bits per heavy atom. The van der Waals surface area contributed by atoms with Gasteiger partial charge in [-0.25, -0.2) is 0 Å². The van der Waals surface area contributed by atoms with E-state index in [1.54, 1.807) is 0 Å². The molecule has 1 aliphatic rings. The monoisotopic (exact) mass is 405 g/mol. The summed E-state index contributed by atoms with van der Waals surface area (Å²) in [4.78, 5) is 21.5. The zero-order valence-electron chi connectivity index (χ0n) is 17.5. The Labute approximate surface area is 176 Å². The molecule has 0 unspecified atom stereocenters. The Kier molecular flexibility index (Phi) is 6.21. The number of nitrogens with zero attached hydrogens (tertiary/aromatic N) is 4. The number of aromatic nitrogens is 2. The van der Waals surface area contributed by atoms with Gasteiger partial charge in [0.2, 0.25) is 17.6 Å². The molecule has 0 saturated carbocycles. The number of hydrogen-bond acceptors (Lipinski definition) is 6. The number of aryl methyl sites for hydroxylation is 2. The Morgan fingerprint density at radius 1 is 0.967 bits per heavy atom. The second kappa shape index (κ2) is 9.19. The molecule has 2 heterocycles. The van der Waals surface area contributed by atoms with E-state index in [1.807, 2.05) is 62.4 Å². The number of benzene rings is 2. The fraction of sp³-hybridized carbons (Fsp3) is 0.348. The number of anilines is 1. The molecule has 156 valence electrons. The van der Waals surface area contributed by atoms with E-state index < -0.39 is 0 Å². The first-order valence-corrected chi connectivity index (χ1v) is 10.3. The Hall–Kier alpha value is -3.03. The van der Waals surface area contributed by atoms with Crippen molar-refractivity contribution in [1.29, 1.82) is 0 Å². The first kappa shape index (κ1) is 20.3. The third kappa shape index (κ3) is 4.93. The van der Waals surface area contributed by atoms with Crippen molar-refractivity contribution in [1.82, 2.24) is 19.9 Å². The number of hydrogen-bond donors (Lipinski definition) is 1. The van der Waals surface area contributed by atoms with Gasteiger partial charge in [-0.1, -0.05) is 53.7 Å². The Bertz CT molecular complexity index is 974. The van der Waals surface area contributed by atoms with Crippen LogP contribution in [-0.2, 0) is 11.3 Å². The van der Waals surface area contributed by atoms with Gasteiger partial charge in [-0.15, -0.1) is 0 Å². The smallest absolute Gasteiger partial charge is 0.241 e. The zero-order chi connectivity index (χ0) is 20.9. The van der Waals surface area contributed by atoms with Gasteiger partial charge >= 0.3 is 0 Å². The van der Waals surface area contributed by atoms with Crippen molar-refractivity contribution in [3.63, 3.8) is 0 Å². The third-order valence-electron chi connectivity index (χ3n) is 5.44. The fourth-order valence-corrected chi connectivity index (χ4v) is 3.71. The lowest BCUT2D eigenvalue weighted by Crippen LogP contribution is -2.48. The van der Waals surface area contributed by atoms with Gasteiger partial charge in [-0.05, 0) is 25.0 Å². The van der Waals surface area contributed by atoms with Gasteiger partial charge in [0.25, 0.3) is 0 Å². The molecule has 30 heavy (non-hydrogen) atoms. The van der Waals surface area contributed by atoms with Crippen molar-refractivity contribution in [3.05, 3.63) is 65.5 Å². The normalized spacial score (nSPS) is 15.3. The third-order valence-corrected chi connectivity index (χ3v) is 5.44. The highest BCUT2D eigenvalue weighted by Gasteiger charge is 2.21. The minimum absolute atomic E-state index is 0.0326. The summed E-state index contributed by atoms with van der Waals surface area (Å²) in [5.41, 5.74) is 4.05. The molecule has 1 aromatic heterocycles. The van der Waals surface area contributed by atoms with E-state index >= 15 is 0 Å². The van der Waals surface area contributed by atoms with E-state index in [2.05, 4.69) is 25.3 Å². The van der Waals surface area contributed by atoms with Crippen LogP contribution < -0.4 is 5.32 Å². The van der Waals surface area contributed by atoms with Gasteiger partial charge in [0, 0.05) is 37.4 Å². The number of piperazine rings is 1. The average Bonchev–Trinajstić information content (AvgIpc) is 3.21. The van der Waals surface area contributed by atoms with Crippen molar-refractivity contribution < 1.29 is 9.32 Å². The second-order valence-electron chi connectivity index (χ2n) is 7.75. The quantitative estimate of drug-likeness (QED) is 0.679. The molecule has 3 aromatic rings. The molecular weight excluding hydrogens is 378 g/mol. The van der Waals surface area contributed by atoms with E-state index in [9.17, 15) is 4.79 Å². The highest BCUT2D eigenvalue weighted by molar-refractivity contribution is 5.93. The molecule has 1 fully saturated rings. The van der Waals surface area contributed by atoms with Crippen LogP contribution in [0.2, 0.25) is 0 Å². The second-order valence-corrected chi connectivity index (χ2v) is 7.75. The topological polar surface area (TPSA) is 74.5 Å². The van der Waals surface area contributed by atoms with E-state index in [1.165, 1.54) is 0 Å². The van der Waals surface area contributed by atoms with Crippen LogP contribution in [-0.4, -0.2) is 58.6 Å². The maximum Gasteiger partial charge on any atom is 0.241 e. The van der Waals surface area contributed by atoms with E-state index in [0.29, 0.717) is 24.8 Å². The summed E-state index contributed by atoms with van der Waals surface area (Å²) < 4.78 is 5.42. The van der Waals surface area contributed by atoms with Gasteiger partial charge < -0.3 is 9.84 Å². The lowest BCUT2D eigenvalue weighted by Gasteiger charge is -2.33. The predicted octanol–water partition coefficient (Wildman–Crippen LogP) is 3.11. The van der Waals surface area contributed by atoms with Crippen LogP contribution in [0.25, 0.3) is 11.4 Å². The van der Waals surface area contributed by atoms with Crippen molar-refractivity contribution in [3.8, 4) is 11.4 Å². The van der Waals surface area contributed by atoms with Crippen LogP contribution in [0, 0.1) is 13.8 Å². The molecule has 0 atom stereocenters. The molecule has 2 aromatic carbocycles. The largest absolute Gasteiger partial charge is 0.338 e. The van der Waals surface area contributed by atoms with E-state index in [-0.39, 0.29) is 5.91 Å². The zero-order valence-corrected chi connectivity index (χ0v) is 17.5. The number of carbonyl (C=O) groups is 1. The van der Waals surface area contributed by atoms with Crippen LogP contribution in [0.4, 0.5) is 5.69 Å². The standard InChI is InChI=1S/C23H27N5O2/c1-17-7-6-8-18(2)22(17)24-20(29)15-27-11-13-28(14-12-27)16-21-25-23(26-30-21)19-9-4-3-5-10-19/h3-10H,11-16H2,1-2H3,(H,24,29). The average molecular weight is 406 g/mol. The first-order chi connectivity index (χ1) is 14.6. The minimum atomic E-state index is 0.0326.